The first-order valence-corrected chi connectivity index (χ1v) is 9.89. The summed E-state index contributed by atoms with van der Waals surface area (Å²) in [4.78, 5) is 27.1. The second-order valence-corrected chi connectivity index (χ2v) is 7.45. The van der Waals surface area contributed by atoms with Crippen molar-refractivity contribution in [1.82, 2.24) is 5.32 Å². The average molecular weight is 380 g/mol. The Bertz CT molecular complexity index is 830. The molecule has 2 aromatic rings. The highest BCUT2D eigenvalue weighted by atomic mass is 16.5. The van der Waals surface area contributed by atoms with E-state index in [1.807, 2.05) is 62.4 Å². The van der Waals surface area contributed by atoms with Gasteiger partial charge in [-0.05, 0) is 62.9 Å². The maximum Gasteiger partial charge on any atom is 0.243 e. The number of aryl methyl sites for hydroxylation is 1. The molecule has 3 rings (SSSR count). The molecule has 0 saturated heterocycles. The Morgan fingerprint density at radius 1 is 1.07 bits per heavy atom. The fourth-order valence-electron chi connectivity index (χ4n) is 3.48. The van der Waals surface area contributed by atoms with Gasteiger partial charge >= 0.3 is 0 Å². The molecular weight excluding hydrogens is 352 g/mol. The van der Waals surface area contributed by atoms with Gasteiger partial charge in [0.15, 0.2) is 0 Å². The standard InChI is InChI=1S/C23H28N2O3/c1-16(2)28-20-13-11-18(12-14-20)15-24-23(27)17(3)25-21-9-5-4-7-19(21)8-6-10-22(25)26/h4-5,7,9,11-14,16-17H,6,8,10,15H2,1-3H3,(H,24,27). The summed E-state index contributed by atoms with van der Waals surface area (Å²) >= 11 is 0. The van der Waals surface area contributed by atoms with Crippen LogP contribution in [0.25, 0.3) is 0 Å². The van der Waals surface area contributed by atoms with Crippen molar-refractivity contribution in [2.24, 2.45) is 0 Å². The van der Waals surface area contributed by atoms with Crippen molar-refractivity contribution in [2.45, 2.75) is 58.7 Å². The van der Waals surface area contributed by atoms with Crippen LogP contribution in [0.5, 0.6) is 5.75 Å². The first-order valence-electron chi connectivity index (χ1n) is 9.89. The van der Waals surface area contributed by atoms with Crippen LogP contribution in [0.15, 0.2) is 48.5 Å². The number of ether oxygens (including phenoxy) is 1. The zero-order valence-electron chi connectivity index (χ0n) is 16.8. The first-order chi connectivity index (χ1) is 13.5. The number of carbonyl (C=O) groups excluding carboxylic acids is 2. The molecule has 1 aliphatic rings. The van der Waals surface area contributed by atoms with Crippen molar-refractivity contribution < 1.29 is 14.3 Å². The second kappa shape index (κ2) is 8.91. The van der Waals surface area contributed by atoms with Gasteiger partial charge in [-0.3, -0.25) is 14.5 Å². The van der Waals surface area contributed by atoms with Gasteiger partial charge in [0.1, 0.15) is 11.8 Å². The summed E-state index contributed by atoms with van der Waals surface area (Å²) in [5, 5.41) is 2.95. The lowest BCUT2D eigenvalue weighted by Gasteiger charge is -2.28. The van der Waals surface area contributed by atoms with Crippen molar-refractivity contribution in [3.63, 3.8) is 0 Å². The first kappa shape index (κ1) is 19.9. The number of benzene rings is 2. The maximum atomic E-state index is 12.8. The van der Waals surface area contributed by atoms with E-state index in [9.17, 15) is 9.59 Å². The smallest absolute Gasteiger partial charge is 0.243 e. The van der Waals surface area contributed by atoms with E-state index in [-0.39, 0.29) is 17.9 Å². The molecule has 0 aliphatic carbocycles. The number of nitrogens with one attached hydrogen (secondary N) is 1. The average Bonchev–Trinajstić information content (AvgIpc) is 2.84. The molecule has 148 valence electrons. The Kier molecular flexibility index (Phi) is 6.34. The monoisotopic (exact) mass is 380 g/mol. The lowest BCUT2D eigenvalue weighted by molar-refractivity contribution is -0.126. The van der Waals surface area contributed by atoms with Gasteiger partial charge in [0.25, 0.3) is 0 Å². The van der Waals surface area contributed by atoms with Crippen LogP contribution in [0, 0.1) is 0 Å². The summed E-state index contributed by atoms with van der Waals surface area (Å²) in [7, 11) is 0. The summed E-state index contributed by atoms with van der Waals surface area (Å²) in [5.74, 6) is 0.653. The minimum absolute atomic E-state index is 0.00258. The van der Waals surface area contributed by atoms with E-state index in [0.29, 0.717) is 13.0 Å². The van der Waals surface area contributed by atoms with Crippen molar-refractivity contribution >= 4 is 17.5 Å². The van der Waals surface area contributed by atoms with Crippen LogP contribution in [-0.2, 0) is 22.6 Å². The minimum Gasteiger partial charge on any atom is -0.491 e. The second-order valence-electron chi connectivity index (χ2n) is 7.45. The Morgan fingerprint density at radius 3 is 2.50 bits per heavy atom. The molecule has 0 saturated carbocycles. The highest BCUT2D eigenvalue weighted by Crippen LogP contribution is 2.28. The molecule has 0 bridgehead atoms. The van der Waals surface area contributed by atoms with Crippen LogP contribution in [0.2, 0.25) is 0 Å². The molecule has 2 aromatic carbocycles. The number of hydrogen-bond donors (Lipinski definition) is 1. The van der Waals surface area contributed by atoms with E-state index in [2.05, 4.69) is 5.32 Å². The molecule has 28 heavy (non-hydrogen) atoms. The SMILES string of the molecule is CC(C)Oc1ccc(CNC(=O)C(C)N2C(=O)CCCc3ccccc32)cc1. The molecule has 0 spiro atoms. The van der Waals surface area contributed by atoms with Crippen LogP contribution < -0.4 is 15.0 Å². The molecule has 5 nitrogen and oxygen atoms in total. The van der Waals surface area contributed by atoms with Gasteiger partial charge in [-0.15, -0.1) is 0 Å². The molecule has 1 heterocycles. The molecule has 1 atom stereocenters. The molecule has 0 aromatic heterocycles. The zero-order valence-corrected chi connectivity index (χ0v) is 16.8. The van der Waals surface area contributed by atoms with E-state index in [0.717, 1.165) is 35.4 Å². The molecule has 0 radical (unpaired) electrons. The van der Waals surface area contributed by atoms with E-state index < -0.39 is 6.04 Å². The van der Waals surface area contributed by atoms with Crippen molar-refractivity contribution in [1.29, 1.82) is 0 Å². The summed E-state index contributed by atoms with van der Waals surface area (Å²) in [6.07, 6.45) is 2.26. The highest BCUT2D eigenvalue weighted by Gasteiger charge is 2.30. The number of fused-ring (bicyclic) bond motifs is 1. The lowest BCUT2D eigenvalue weighted by atomic mass is 10.1. The van der Waals surface area contributed by atoms with Crippen molar-refractivity contribution in [2.75, 3.05) is 4.90 Å². The predicted molar refractivity (Wildman–Crippen MR) is 110 cm³/mol. The Hall–Kier alpha value is -2.82. The summed E-state index contributed by atoms with van der Waals surface area (Å²) in [6.45, 7) is 6.17. The third-order valence-electron chi connectivity index (χ3n) is 4.89. The number of carbonyl (C=O) groups is 2. The highest BCUT2D eigenvalue weighted by molar-refractivity contribution is 6.01. The number of rotatable bonds is 6. The number of para-hydroxylation sites is 1. The van der Waals surface area contributed by atoms with Gasteiger partial charge < -0.3 is 10.1 Å². The molecule has 5 heteroatoms. The number of amides is 2. The van der Waals surface area contributed by atoms with Gasteiger partial charge in [-0.1, -0.05) is 30.3 Å². The summed E-state index contributed by atoms with van der Waals surface area (Å²) in [5.41, 5.74) is 2.95. The summed E-state index contributed by atoms with van der Waals surface area (Å²) in [6, 6.07) is 15.0. The Balaban J connectivity index is 1.66. The van der Waals surface area contributed by atoms with E-state index in [1.165, 1.54) is 0 Å². The van der Waals surface area contributed by atoms with Crippen LogP contribution in [-0.4, -0.2) is 24.0 Å². The normalized spacial score (nSPS) is 15.0. The summed E-state index contributed by atoms with van der Waals surface area (Å²) < 4.78 is 5.64. The topological polar surface area (TPSA) is 58.6 Å². The van der Waals surface area contributed by atoms with Gasteiger partial charge in [0, 0.05) is 18.7 Å². The van der Waals surface area contributed by atoms with E-state index in [4.69, 9.17) is 4.74 Å². The van der Waals surface area contributed by atoms with Crippen LogP contribution >= 0.6 is 0 Å². The fourth-order valence-corrected chi connectivity index (χ4v) is 3.48. The zero-order chi connectivity index (χ0) is 20.1. The molecule has 1 unspecified atom stereocenters. The fraction of sp³-hybridized carbons (Fsp3) is 0.391. The van der Waals surface area contributed by atoms with Crippen LogP contribution in [0.1, 0.15) is 44.7 Å². The van der Waals surface area contributed by atoms with Gasteiger partial charge in [-0.25, -0.2) is 0 Å². The Labute approximate surface area is 166 Å². The van der Waals surface area contributed by atoms with Crippen molar-refractivity contribution in [3.05, 3.63) is 59.7 Å². The molecule has 0 fully saturated rings. The maximum absolute atomic E-state index is 12.8. The molecule has 1 N–H and O–H groups in total. The minimum atomic E-state index is -0.560. The van der Waals surface area contributed by atoms with Crippen LogP contribution in [0.3, 0.4) is 0 Å². The van der Waals surface area contributed by atoms with E-state index in [1.54, 1.807) is 11.8 Å². The number of anilines is 1. The molecule has 1 aliphatic heterocycles. The number of hydrogen-bond acceptors (Lipinski definition) is 3. The van der Waals surface area contributed by atoms with Crippen molar-refractivity contribution in [3.8, 4) is 5.75 Å². The Morgan fingerprint density at radius 2 is 1.79 bits per heavy atom. The molecule has 2 amide bonds. The number of nitrogens with zero attached hydrogens (tertiary/aromatic N) is 1. The third kappa shape index (κ3) is 4.71. The molecular formula is C23H28N2O3. The quantitative estimate of drug-likeness (QED) is 0.828. The lowest BCUT2D eigenvalue weighted by Crippen LogP contribution is -2.48. The van der Waals surface area contributed by atoms with Gasteiger partial charge in [-0.2, -0.15) is 0 Å². The predicted octanol–water partition coefficient (Wildman–Crippen LogP) is 3.85. The third-order valence-corrected chi connectivity index (χ3v) is 4.89. The van der Waals surface area contributed by atoms with Gasteiger partial charge in [0.05, 0.1) is 6.10 Å². The van der Waals surface area contributed by atoms with Gasteiger partial charge in [0.2, 0.25) is 11.8 Å². The van der Waals surface area contributed by atoms with E-state index >= 15 is 0 Å². The largest absolute Gasteiger partial charge is 0.491 e. The van der Waals surface area contributed by atoms with Crippen LogP contribution in [0.4, 0.5) is 5.69 Å².